The molecule has 17 heavy (non-hydrogen) atoms. The molecule has 0 aromatic heterocycles. The molecular weight excluding hydrogens is 216 g/mol. The summed E-state index contributed by atoms with van der Waals surface area (Å²) in [6.07, 6.45) is 2.03. The van der Waals surface area contributed by atoms with Crippen LogP contribution in [0, 0.1) is 0 Å². The van der Waals surface area contributed by atoms with E-state index in [-0.39, 0.29) is 6.09 Å². The van der Waals surface area contributed by atoms with Gasteiger partial charge in [0.15, 0.2) is 0 Å². The highest BCUT2D eigenvalue weighted by molar-refractivity contribution is 5.67. The van der Waals surface area contributed by atoms with Crippen LogP contribution in [0.4, 0.5) is 4.79 Å². The number of nitrogens with one attached hydrogen (secondary N) is 1. The molecule has 0 aliphatic carbocycles. The van der Waals surface area contributed by atoms with Gasteiger partial charge < -0.3 is 15.0 Å². The second kappa shape index (κ2) is 7.54. The first-order valence-corrected chi connectivity index (χ1v) is 6.43. The van der Waals surface area contributed by atoms with E-state index >= 15 is 0 Å². The molecule has 0 aromatic rings. The van der Waals surface area contributed by atoms with Crippen molar-refractivity contribution in [2.45, 2.75) is 59.1 Å². The number of rotatable bonds is 6. The Bertz CT molecular complexity index is 224. The van der Waals surface area contributed by atoms with Crippen LogP contribution in [0.3, 0.4) is 0 Å². The Kier molecular flexibility index (Phi) is 7.19. The van der Waals surface area contributed by atoms with Gasteiger partial charge in [0.05, 0.1) is 0 Å². The first kappa shape index (κ1) is 16.2. The van der Waals surface area contributed by atoms with E-state index < -0.39 is 5.60 Å². The molecule has 1 atom stereocenters. The molecule has 0 fully saturated rings. The molecule has 0 saturated heterocycles. The molecule has 0 aromatic carbocycles. The fraction of sp³-hybridized carbons (Fsp3) is 0.923. The van der Waals surface area contributed by atoms with E-state index in [1.54, 1.807) is 0 Å². The molecule has 0 aliphatic rings. The van der Waals surface area contributed by atoms with Crippen molar-refractivity contribution in [3.8, 4) is 0 Å². The Morgan fingerprint density at radius 2 is 2.00 bits per heavy atom. The molecule has 0 rings (SSSR count). The Morgan fingerprint density at radius 3 is 2.47 bits per heavy atom. The minimum Gasteiger partial charge on any atom is -0.444 e. The summed E-state index contributed by atoms with van der Waals surface area (Å²) in [5, 5.41) is 2.76. The molecule has 0 saturated carbocycles. The largest absolute Gasteiger partial charge is 0.444 e. The lowest BCUT2D eigenvalue weighted by atomic mass is 10.2. The van der Waals surface area contributed by atoms with Crippen molar-refractivity contribution in [2.75, 3.05) is 20.1 Å². The first-order chi connectivity index (χ1) is 7.76. The van der Waals surface area contributed by atoms with Crippen LogP contribution in [-0.2, 0) is 4.74 Å². The van der Waals surface area contributed by atoms with Crippen molar-refractivity contribution in [3.05, 3.63) is 0 Å². The number of hydrogen-bond donors (Lipinski definition) is 1. The third-order valence-corrected chi connectivity index (χ3v) is 2.59. The van der Waals surface area contributed by atoms with Crippen molar-refractivity contribution >= 4 is 6.09 Å². The third kappa shape index (κ3) is 8.98. The van der Waals surface area contributed by atoms with Gasteiger partial charge in [-0.3, -0.25) is 0 Å². The zero-order chi connectivity index (χ0) is 13.5. The highest BCUT2D eigenvalue weighted by atomic mass is 16.6. The molecule has 0 heterocycles. The lowest BCUT2D eigenvalue weighted by molar-refractivity contribution is 0.0521. The predicted octanol–water partition coefficient (Wildman–Crippen LogP) is 2.63. The van der Waals surface area contributed by atoms with E-state index in [4.69, 9.17) is 4.74 Å². The summed E-state index contributed by atoms with van der Waals surface area (Å²) in [5.74, 6) is 0. The van der Waals surface area contributed by atoms with E-state index in [0.717, 1.165) is 6.54 Å². The number of carbonyl (C=O) groups is 1. The number of carbonyl (C=O) groups excluding carboxylic acids is 1. The summed E-state index contributed by atoms with van der Waals surface area (Å²) < 4.78 is 5.16. The van der Waals surface area contributed by atoms with Crippen LogP contribution in [-0.4, -0.2) is 42.8 Å². The highest BCUT2D eigenvalue weighted by Crippen LogP contribution is 2.06. The molecule has 102 valence electrons. The minimum atomic E-state index is -0.425. The third-order valence-electron chi connectivity index (χ3n) is 2.59. The van der Waals surface area contributed by atoms with Gasteiger partial charge in [0.25, 0.3) is 0 Å². The smallest absolute Gasteiger partial charge is 0.407 e. The molecule has 1 N–H and O–H groups in total. The van der Waals surface area contributed by atoms with Gasteiger partial charge in [-0.15, -0.1) is 0 Å². The van der Waals surface area contributed by atoms with Crippen LogP contribution in [0.15, 0.2) is 0 Å². The van der Waals surface area contributed by atoms with E-state index in [2.05, 4.69) is 31.1 Å². The molecule has 0 radical (unpaired) electrons. The molecule has 0 aliphatic heterocycles. The zero-order valence-corrected chi connectivity index (χ0v) is 12.2. The van der Waals surface area contributed by atoms with Crippen molar-refractivity contribution in [1.82, 2.24) is 10.2 Å². The fourth-order valence-electron chi connectivity index (χ4n) is 1.51. The quantitative estimate of drug-likeness (QED) is 0.781. The summed E-state index contributed by atoms with van der Waals surface area (Å²) >= 11 is 0. The van der Waals surface area contributed by atoms with Crippen LogP contribution in [0.25, 0.3) is 0 Å². The number of nitrogens with zero attached hydrogens (tertiary/aromatic N) is 1. The number of amides is 1. The van der Waals surface area contributed by atoms with Gasteiger partial charge >= 0.3 is 6.09 Å². The maximum Gasteiger partial charge on any atom is 0.407 e. The second-order valence-electron chi connectivity index (χ2n) is 5.55. The van der Waals surface area contributed by atoms with Gasteiger partial charge in [-0.2, -0.15) is 0 Å². The topological polar surface area (TPSA) is 41.6 Å². The van der Waals surface area contributed by atoms with Crippen molar-refractivity contribution < 1.29 is 9.53 Å². The summed E-state index contributed by atoms with van der Waals surface area (Å²) in [4.78, 5) is 13.6. The van der Waals surface area contributed by atoms with Crippen LogP contribution >= 0.6 is 0 Å². The summed E-state index contributed by atoms with van der Waals surface area (Å²) in [6.45, 7) is 11.5. The van der Waals surface area contributed by atoms with Crippen molar-refractivity contribution in [2.24, 2.45) is 0 Å². The average molecular weight is 244 g/mol. The van der Waals surface area contributed by atoms with Crippen LogP contribution in [0.2, 0.25) is 0 Å². The normalized spacial score (nSPS) is 13.6. The lowest BCUT2D eigenvalue weighted by Crippen LogP contribution is -2.39. The SMILES string of the molecule is CCC[C@H](C)N(C)CCNC(=O)OC(C)(C)C. The van der Waals surface area contributed by atoms with Crippen LogP contribution in [0.5, 0.6) is 0 Å². The lowest BCUT2D eigenvalue weighted by Gasteiger charge is -2.25. The van der Waals surface area contributed by atoms with Gasteiger partial charge in [-0.1, -0.05) is 13.3 Å². The predicted molar refractivity (Wildman–Crippen MR) is 71.2 cm³/mol. The minimum absolute atomic E-state index is 0.339. The van der Waals surface area contributed by atoms with Gasteiger partial charge in [0.2, 0.25) is 0 Å². The van der Waals surface area contributed by atoms with Crippen molar-refractivity contribution in [3.63, 3.8) is 0 Å². The second-order valence-corrected chi connectivity index (χ2v) is 5.55. The Hall–Kier alpha value is -0.770. The Labute approximate surface area is 106 Å². The number of hydrogen-bond acceptors (Lipinski definition) is 3. The summed E-state index contributed by atoms with van der Waals surface area (Å²) in [7, 11) is 2.08. The average Bonchev–Trinajstić information content (AvgIpc) is 2.14. The van der Waals surface area contributed by atoms with E-state index in [9.17, 15) is 4.79 Å². The highest BCUT2D eigenvalue weighted by Gasteiger charge is 2.16. The fourth-order valence-corrected chi connectivity index (χ4v) is 1.51. The monoisotopic (exact) mass is 244 g/mol. The zero-order valence-electron chi connectivity index (χ0n) is 12.2. The van der Waals surface area contributed by atoms with Gasteiger partial charge in [-0.05, 0) is 41.2 Å². The Balaban J connectivity index is 3.73. The maximum absolute atomic E-state index is 11.4. The Morgan fingerprint density at radius 1 is 1.41 bits per heavy atom. The molecule has 4 nitrogen and oxygen atoms in total. The molecular formula is C13H28N2O2. The molecule has 0 unspecified atom stereocenters. The number of alkyl carbamates (subject to hydrolysis) is 1. The maximum atomic E-state index is 11.4. The summed E-state index contributed by atoms with van der Waals surface area (Å²) in [6, 6.07) is 0.556. The molecule has 0 spiro atoms. The van der Waals surface area contributed by atoms with Gasteiger partial charge in [0.1, 0.15) is 5.60 Å². The van der Waals surface area contributed by atoms with Gasteiger partial charge in [0, 0.05) is 19.1 Å². The molecule has 0 bridgehead atoms. The first-order valence-electron chi connectivity index (χ1n) is 6.43. The molecule has 1 amide bonds. The van der Waals surface area contributed by atoms with Crippen LogP contribution < -0.4 is 5.32 Å². The standard InChI is InChI=1S/C13H28N2O2/c1-7-8-11(2)15(6)10-9-14-12(16)17-13(3,4)5/h11H,7-10H2,1-6H3,(H,14,16)/t11-/m0/s1. The van der Waals surface area contributed by atoms with E-state index in [1.165, 1.54) is 12.8 Å². The number of likely N-dealkylation sites (N-methyl/N-ethyl adjacent to an activating group) is 1. The van der Waals surface area contributed by atoms with Crippen molar-refractivity contribution in [1.29, 1.82) is 0 Å². The molecule has 4 heteroatoms. The van der Waals surface area contributed by atoms with Gasteiger partial charge in [-0.25, -0.2) is 4.79 Å². The van der Waals surface area contributed by atoms with E-state index in [0.29, 0.717) is 12.6 Å². The summed E-state index contributed by atoms with van der Waals surface area (Å²) in [5.41, 5.74) is -0.425. The van der Waals surface area contributed by atoms with E-state index in [1.807, 2.05) is 20.8 Å². The number of ether oxygens (including phenoxy) is 1. The van der Waals surface area contributed by atoms with Crippen LogP contribution in [0.1, 0.15) is 47.5 Å².